The van der Waals surface area contributed by atoms with Gasteiger partial charge in [0.25, 0.3) is 0 Å². The zero-order chi connectivity index (χ0) is 16.1. The molecule has 0 saturated heterocycles. The predicted molar refractivity (Wildman–Crippen MR) is 88.8 cm³/mol. The molecule has 1 aliphatic rings. The van der Waals surface area contributed by atoms with Crippen LogP contribution in [-0.2, 0) is 9.53 Å². The highest BCUT2D eigenvalue weighted by molar-refractivity contribution is 5.77. The van der Waals surface area contributed by atoms with Gasteiger partial charge in [-0.05, 0) is 25.3 Å². The number of carbonyl (C=O) groups is 1. The quantitative estimate of drug-likeness (QED) is 0.860. The summed E-state index contributed by atoms with van der Waals surface area (Å²) in [6.45, 7) is 2.04. The van der Waals surface area contributed by atoms with Crippen LogP contribution in [0.25, 0.3) is 11.3 Å². The van der Waals surface area contributed by atoms with Crippen LogP contribution in [0.5, 0.6) is 0 Å². The van der Waals surface area contributed by atoms with Gasteiger partial charge in [0.15, 0.2) is 0 Å². The fourth-order valence-electron chi connectivity index (χ4n) is 2.92. The van der Waals surface area contributed by atoms with Gasteiger partial charge < -0.3 is 15.0 Å². The molecule has 1 heterocycles. The Bertz CT molecular complexity index is 633. The molecule has 1 aromatic heterocycles. The van der Waals surface area contributed by atoms with Crippen molar-refractivity contribution in [3.63, 3.8) is 0 Å². The Hall–Kier alpha value is -2.14. The van der Waals surface area contributed by atoms with Gasteiger partial charge in [-0.3, -0.25) is 4.79 Å². The number of benzene rings is 1. The van der Waals surface area contributed by atoms with Crippen molar-refractivity contribution in [1.29, 1.82) is 0 Å². The summed E-state index contributed by atoms with van der Waals surface area (Å²) < 4.78 is 5.63. The standard InChI is InChI=1S/C18H23N3O2/c1-13(20-17(22)12-23-15-9-5-6-10-15)18-19-11-16(21-18)14-7-3-2-4-8-14/h2-4,7-8,11,13,15H,5-6,9-10,12H2,1H3,(H,19,21)(H,20,22)/t13-/m1/s1. The highest BCUT2D eigenvalue weighted by Crippen LogP contribution is 2.21. The fourth-order valence-corrected chi connectivity index (χ4v) is 2.92. The number of hydrogen-bond acceptors (Lipinski definition) is 3. The summed E-state index contributed by atoms with van der Waals surface area (Å²) in [4.78, 5) is 19.6. The van der Waals surface area contributed by atoms with Gasteiger partial charge in [0, 0.05) is 0 Å². The molecule has 5 heteroatoms. The van der Waals surface area contributed by atoms with E-state index in [1.165, 1.54) is 12.8 Å². The van der Waals surface area contributed by atoms with E-state index in [4.69, 9.17) is 4.74 Å². The number of hydrogen-bond donors (Lipinski definition) is 2. The number of imidazole rings is 1. The normalized spacial score (nSPS) is 16.4. The van der Waals surface area contributed by atoms with Crippen molar-refractivity contribution in [1.82, 2.24) is 15.3 Å². The minimum Gasteiger partial charge on any atom is -0.368 e. The molecule has 0 radical (unpaired) electrons. The third-order valence-corrected chi connectivity index (χ3v) is 4.22. The Morgan fingerprint density at radius 1 is 1.35 bits per heavy atom. The first-order valence-corrected chi connectivity index (χ1v) is 8.23. The van der Waals surface area contributed by atoms with Crippen molar-refractivity contribution in [3.8, 4) is 11.3 Å². The molecular formula is C18H23N3O2. The van der Waals surface area contributed by atoms with Gasteiger partial charge in [-0.2, -0.15) is 0 Å². The summed E-state index contributed by atoms with van der Waals surface area (Å²) in [5.74, 6) is 0.653. The van der Waals surface area contributed by atoms with Crippen molar-refractivity contribution in [2.45, 2.75) is 44.8 Å². The smallest absolute Gasteiger partial charge is 0.246 e. The third kappa shape index (κ3) is 4.20. The van der Waals surface area contributed by atoms with Crippen LogP contribution < -0.4 is 5.32 Å². The Balaban J connectivity index is 1.52. The van der Waals surface area contributed by atoms with Crippen LogP contribution in [0, 0.1) is 0 Å². The Morgan fingerprint density at radius 3 is 2.83 bits per heavy atom. The van der Waals surface area contributed by atoms with Gasteiger partial charge in [-0.25, -0.2) is 4.98 Å². The molecule has 1 saturated carbocycles. The van der Waals surface area contributed by atoms with Gasteiger partial charge in [0.2, 0.25) is 5.91 Å². The number of amides is 1. The second-order valence-corrected chi connectivity index (χ2v) is 6.05. The van der Waals surface area contributed by atoms with Crippen molar-refractivity contribution in [2.24, 2.45) is 0 Å². The zero-order valence-electron chi connectivity index (χ0n) is 13.4. The molecule has 1 aliphatic carbocycles. The summed E-state index contributed by atoms with van der Waals surface area (Å²) in [7, 11) is 0. The lowest BCUT2D eigenvalue weighted by Gasteiger charge is -2.14. The monoisotopic (exact) mass is 313 g/mol. The highest BCUT2D eigenvalue weighted by Gasteiger charge is 2.18. The summed E-state index contributed by atoms with van der Waals surface area (Å²) in [5.41, 5.74) is 2.03. The molecule has 2 N–H and O–H groups in total. The lowest BCUT2D eigenvalue weighted by molar-refractivity contribution is -0.128. The molecule has 23 heavy (non-hydrogen) atoms. The minimum atomic E-state index is -0.174. The minimum absolute atomic E-state index is 0.0953. The van der Waals surface area contributed by atoms with Crippen LogP contribution in [0.2, 0.25) is 0 Å². The number of ether oxygens (including phenoxy) is 1. The number of H-pyrrole nitrogens is 1. The molecule has 0 bridgehead atoms. The van der Waals surface area contributed by atoms with Gasteiger partial charge in [-0.15, -0.1) is 0 Å². The van der Waals surface area contributed by atoms with Crippen molar-refractivity contribution in [3.05, 3.63) is 42.4 Å². The molecule has 1 atom stereocenters. The molecule has 3 rings (SSSR count). The topological polar surface area (TPSA) is 67.0 Å². The van der Waals surface area contributed by atoms with Crippen LogP contribution in [0.15, 0.2) is 36.5 Å². The molecule has 5 nitrogen and oxygen atoms in total. The maximum atomic E-state index is 12.0. The maximum absolute atomic E-state index is 12.0. The highest BCUT2D eigenvalue weighted by atomic mass is 16.5. The summed E-state index contributed by atoms with van der Waals surface area (Å²) >= 11 is 0. The lowest BCUT2D eigenvalue weighted by Crippen LogP contribution is -2.32. The SMILES string of the molecule is C[C@@H](NC(=O)COC1CCCC1)c1ncc(-c2ccccc2)[nH]1. The van der Waals surface area contributed by atoms with Crippen LogP contribution in [0.4, 0.5) is 0 Å². The second-order valence-electron chi connectivity index (χ2n) is 6.05. The summed E-state index contributed by atoms with van der Waals surface area (Å²) in [6, 6.07) is 9.83. The number of aromatic nitrogens is 2. The van der Waals surface area contributed by atoms with E-state index < -0.39 is 0 Å². The molecule has 1 amide bonds. The Kier molecular flexibility index (Phi) is 5.08. The van der Waals surface area contributed by atoms with E-state index >= 15 is 0 Å². The zero-order valence-corrected chi connectivity index (χ0v) is 13.4. The first-order chi connectivity index (χ1) is 11.2. The fraction of sp³-hybridized carbons (Fsp3) is 0.444. The van der Waals surface area contributed by atoms with Crippen LogP contribution in [0.3, 0.4) is 0 Å². The molecule has 0 unspecified atom stereocenters. The molecule has 0 aliphatic heterocycles. The summed E-state index contributed by atoms with van der Waals surface area (Å²) in [6.07, 6.45) is 6.60. The Labute approximate surface area is 136 Å². The number of rotatable bonds is 6. The van der Waals surface area contributed by atoms with E-state index in [2.05, 4.69) is 15.3 Å². The Morgan fingerprint density at radius 2 is 2.09 bits per heavy atom. The lowest BCUT2D eigenvalue weighted by atomic mass is 10.2. The van der Waals surface area contributed by atoms with E-state index in [0.717, 1.165) is 29.9 Å². The van der Waals surface area contributed by atoms with Crippen molar-refractivity contribution < 1.29 is 9.53 Å². The van der Waals surface area contributed by atoms with Crippen molar-refractivity contribution in [2.75, 3.05) is 6.61 Å². The first kappa shape index (κ1) is 15.7. The largest absolute Gasteiger partial charge is 0.368 e. The van der Waals surface area contributed by atoms with Crippen LogP contribution in [-0.4, -0.2) is 28.6 Å². The van der Waals surface area contributed by atoms with Gasteiger partial charge in [0.05, 0.1) is 24.0 Å². The first-order valence-electron chi connectivity index (χ1n) is 8.23. The van der Waals surface area contributed by atoms with E-state index in [9.17, 15) is 4.79 Å². The van der Waals surface area contributed by atoms with E-state index in [0.29, 0.717) is 0 Å². The third-order valence-electron chi connectivity index (χ3n) is 4.22. The number of aromatic amines is 1. The average Bonchev–Trinajstić information content (AvgIpc) is 3.25. The molecule has 1 aromatic carbocycles. The maximum Gasteiger partial charge on any atom is 0.246 e. The van der Waals surface area contributed by atoms with Crippen LogP contribution >= 0.6 is 0 Å². The van der Waals surface area contributed by atoms with E-state index in [-0.39, 0.29) is 24.7 Å². The molecule has 0 spiro atoms. The van der Waals surface area contributed by atoms with Gasteiger partial charge >= 0.3 is 0 Å². The number of carbonyl (C=O) groups excluding carboxylic acids is 1. The van der Waals surface area contributed by atoms with E-state index in [1.807, 2.05) is 37.3 Å². The molecule has 1 fully saturated rings. The second kappa shape index (κ2) is 7.42. The van der Waals surface area contributed by atoms with Gasteiger partial charge in [0.1, 0.15) is 12.4 Å². The number of nitrogens with zero attached hydrogens (tertiary/aromatic N) is 1. The van der Waals surface area contributed by atoms with Gasteiger partial charge in [-0.1, -0.05) is 43.2 Å². The number of nitrogens with one attached hydrogen (secondary N) is 2. The predicted octanol–water partition coefficient (Wildman–Crippen LogP) is 3.21. The molecule has 122 valence electrons. The summed E-state index contributed by atoms with van der Waals surface area (Å²) in [5, 5.41) is 2.93. The average molecular weight is 313 g/mol. The van der Waals surface area contributed by atoms with E-state index in [1.54, 1.807) is 6.20 Å². The van der Waals surface area contributed by atoms with Crippen LogP contribution in [0.1, 0.15) is 44.5 Å². The molecular weight excluding hydrogens is 290 g/mol. The molecule has 2 aromatic rings. The van der Waals surface area contributed by atoms with Crippen molar-refractivity contribution >= 4 is 5.91 Å².